The Bertz CT molecular complexity index is 874. The second kappa shape index (κ2) is 6.14. The van der Waals surface area contributed by atoms with Gasteiger partial charge in [0.2, 0.25) is 0 Å². The molecule has 0 fully saturated rings. The van der Waals surface area contributed by atoms with Crippen molar-refractivity contribution < 1.29 is 14.4 Å². The number of amides is 1. The van der Waals surface area contributed by atoms with Crippen molar-refractivity contribution in [2.45, 2.75) is 6.92 Å². The lowest BCUT2D eigenvalue weighted by atomic mass is 10.1. The SMILES string of the molecule is Cc1c(Cl)cccc1NC(=O)c1cc(-c2ccccc2O)on1. The molecule has 2 aromatic carbocycles. The first-order valence-corrected chi connectivity index (χ1v) is 7.25. The Labute approximate surface area is 137 Å². The minimum Gasteiger partial charge on any atom is -0.507 e. The van der Waals surface area contributed by atoms with Gasteiger partial charge in [0.05, 0.1) is 5.56 Å². The number of aromatic hydroxyl groups is 1. The monoisotopic (exact) mass is 328 g/mol. The number of rotatable bonds is 3. The van der Waals surface area contributed by atoms with E-state index < -0.39 is 5.91 Å². The van der Waals surface area contributed by atoms with Crippen molar-refractivity contribution >= 4 is 23.2 Å². The number of hydrogen-bond acceptors (Lipinski definition) is 4. The molecule has 0 unspecified atom stereocenters. The fourth-order valence-electron chi connectivity index (χ4n) is 2.12. The molecular formula is C17H13ClN2O3. The number of benzene rings is 2. The smallest absolute Gasteiger partial charge is 0.277 e. The third kappa shape index (κ3) is 3.05. The quantitative estimate of drug-likeness (QED) is 0.753. The molecule has 0 radical (unpaired) electrons. The molecule has 23 heavy (non-hydrogen) atoms. The zero-order chi connectivity index (χ0) is 16.4. The van der Waals surface area contributed by atoms with Crippen LogP contribution in [0.2, 0.25) is 5.02 Å². The van der Waals surface area contributed by atoms with E-state index in [9.17, 15) is 9.90 Å². The molecule has 1 heterocycles. The van der Waals surface area contributed by atoms with E-state index in [0.29, 0.717) is 22.0 Å². The highest BCUT2D eigenvalue weighted by molar-refractivity contribution is 6.31. The van der Waals surface area contributed by atoms with Crippen LogP contribution in [0, 0.1) is 6.92 Å². The molecule has 1 aromatic heterocycles. The lowest BCUT2D eigenvalue weighted by Crippen LogP contribution is -2.13. The van der Waals surface area contributed by atoms with Crippen molar-refractivity contribution in [3.63, 3.8) is 0 Å². The number of anilines is 1. The van der Waals surface area contributed by atoms with Crippen LogP contribution in [0.15, 0.2) is 53.1 Å². The molecule has 5 nitrogen and oxygen atoms in total. The van der Waals surface area contributed by atoms with Crippen molar-refractivity contribution in [3.05, 3.63) is 64.8 Å². The zero-order valence-corrected chi connectivity index (χ0v) is 13.0. The van der Waals surface area contributed by atoms with Crippen molar-refractivity contribution in [1.82, 2.24) is 5.16 Å². The number of carbonyl (C=O) groups excluding carboxylic acids is 1. The van der Waals surface area contributed by atoms with E-state index in [1.165, 1.54) is 12.1 Å². The number of nitrogens with one attached hydrogen (secondary N) is 1. The Morgan fingerprint density at radius 2 is 2.00 bits per heavy atom. The third-order valence-electron chi connectivity index (χ3n) is 3.43. The third-order valence-corrected chi connectivity index (χ3v) is 3.84. The van der Waals surface area contributed by atoms with Gasteiger partial charge in [-0.05, 0) is 36.8 Å². The molecule has 0 aliphatic heterocycles. The predicted molar refractivity (Wildman–Crippen MR) is 87.7 cm³/mol. The fourth-order valence-corrected chi connectivity index (χ4v) is 2.29. The van der Waals surface area contributed by atoms with Gasteiger partial charge >= 0.3 is 0 Å². The predicted octanol–water partition coefficient (Wildman–Crippen LogP) is 4.26. The van der Waals surface area contributed by atoms with Crippen LogP contribution in [0.5, 0.6) is 5.75 Å². The Hall–Kier alpha value is -2.79. The number of nitrogens with zero attached hydrogens (tertiary/aromatic N) is 1. The first kappa shape index (κ1) is 15.1. The molecule has 3 aromatic rings. The summed E-state index contributed by atoms with van der Waals surface area (Å²) in [4.78, 5) is 12.3. The van der Waals surface area contributed by atoms with Crippen molar-refractivity contribution in [2.24, 2.45) is 0 Å². The summed E-state index contributed by atoms with van der Waals surface area (Å²) in [5.41, 5.74) is 1.96. The van der Waals surface area contributed by atoms with Gasteiger partial charge in [-0.25, -0.2) is 0 Å². The molecule has 0 saturated carbocycles. The van der Waals surface area contributed by atoms with Gasteiger partial charge in [0.15, 0.2) is 11.5 Å². The van der Waals surface area contributed by atoms with Gasteiger partial charge in [-0.15, -0.1) is 0 Å². The van der Waals surface area contributed by atoms with Crippen LogP contribution in [-0.2, 0) is 0 Å². The summed E-state index contributed by atoms with van der Waals surface area (Å²) < 4.78 is 5.15. The summed E-state index contributed by atoms with van der Waals surface area (Å²) in [5.74, 6) is -0.0434. The zero-order valence-electron chi connectivity index (χ0n) is 12.2. The van der Waals surface area contributed by atoms with Gasteiger partial charge in [-0.2, -0.15) is 0 Å². The molecule has 0 aliphatic carbocycles. The van der Waals surface area contributed by atoms with Gasteiger partial charge < -0.3 is 14.9 Å². The molecule has 3 rings (SSSR count). The van der Waals surface area contributed by atoms with E-state index in [4.69, 9.17) is 16.1 Å². The highest BCUT2D eigenvalue weighted by Crippen LogP contribution is 2.29. The standard InChI is InChI=1S/C17H13ClN2O3/c1-10-12(18)6-4-7-13(10)19-17(22)14-9-16(23-20-14)11-5-2-3-8-15(11)21/h2-9,21H,1H3,(H,19,22). The summed E-state index contributed by atoms with van der Waals surface area (Å²) >= 11 is 6.03. The van der Waals surface area contributed by atoms with E-state index in [2.05, 4.69) is 10.5 Å². The lowest BCUT2D eigenvalue weighted by molar-refractivity contribution is 0.101. The van der Waals surface area contributed by atoms with Crippen molar-refractivity contribution in [3.8, 4) is 17.1 Å². The molecule has 0 spiro atoms. The number of aromatic nitrogens is 1. The maximum atomic E-state index is 12.3. The molecule has 6 heteroatoms. The van der Waals surface area contributed by atoms with E-state index >= 15 is 0 Å². The van der Waals surface area contributed by atoms with E-state index in [1.54, 1.807) is 36.4 Å². The van der Waals surface area contributed by atoms with Crippen molar-refractivity contribution in [1.29, 1.82) is 0 Å². The van der Waals surface area contributed by atoms with Crippen molar-refractivity contribution in [2.75, 3.05) is 5.32 Å². The van der Waals surface area contributed by atoms with Gasteiger partial charge in [0, 0.05) is 16.8 Å². The van der Waals surface area contributed by atoms with Gasteiger partial charge in [-0.1, -0.05) is 35.0 Å². The molecule has 0 aliphatic rings. The molecule has 0 atom stereocenters. The van der Waals surface area contributed by atoms with Crippen LogP contribution < -0.4 is 5.32 Å². The van der Waals surface area contributed by atoms with Gasteiger partial charge in [0.1, 0.15) is 5.75 Å². The largest absolute Gasteiger partial charge is 0.507 e. The lowest BCUT2D eigenvalue weighted by Gasteiger charge is -2.07. The molecular weight excluding hydrogens is 316 g/mol. The van der Waals surface area contributed by atoms with Gasteiger partial charge in [-0.3, -0.25) is 4.79 Å². The van der Waals surface area contributed by atoms with Crippen LogP contribution in [-0.4, -0.2) is 16.2 Å². The topological polar surface area (TPSA) is 75.4 Å². The van der Waals surface area contributed by atoms with Gasteiger partial charge in [0.25, 0.3) is 5.91 Å². The molecule has 2 N–H and O–H groups in total. The maximum absolute atomic E-state index is 12.3. The minimum absolute atomic E-state index is 0.0568. The first-order valence-electron chi connectivity index (χ1n) is 6.88. The number of hydrogen-bond donors (Lipinski definition) is 2. The van der Waals surface area contributed by atoms with Crippen LogP contribution in [0.3, 0.4) is 0 Å². The van der Waals surface area contributed by atoms with E-state index in [0.717, 1.165) is 5.56 Å². The number of carbonyl (C=O) groups is 1. The number of phenolic OH excluding ortho intramolecular Hbond substituents is 1. The Balaban J connectivity index is 1.84. The second-order valence-electron chi connectivity index (χ2n) is 4.96. The molecule has 0 saturated heterocycles. The normalized spacial score (nSPS) is 10.5. The van der Waals surface area contributed by atoms with Crippen LogP contribution in [0.1, 0.15) is 16.1 Å². The number of para-hydroxylation sites is 1. The molecule has 0 bridgehead atoms. The fraction of sp³-hybridized carbons (Fsp3) is 0.0588. The average molecular weight is 329 g/mol. The second-order valence-corrected chi connectivity index (χ2v) is 5.37. The minimum atomic E-state index is -0.416. The highest BCUT2D eigenvalue weighted by atomic mass is 35.5. The van der Waals surface area contributed by atoms with E-state index in [-0.39, 0.29) is 11.4 Å². The average Bonchev–Trinajstić information content (AvgIpc) is 3.02. The van der Waals surface area contributed by atoms with Crippen LogP contribution in [0.25, 0.3) is 11.3 Å². The summed E-state index contributed by atoms with van der Waals surface area (Å²) in [6, 6.07) is 13.4. The molecule has 116 valence electrons. The maximum Gasteiger partial charge on any atom is 0.277 e. The van der Waals surface area contributed by atoms with E-state index in [1.807, 2.05) is 6.92 Å². The summed E-state index contributed by atoms with van der Waals surface area (Å²) in [6.45, 7) is 1.81. The summed E-state index contributed by atoms with van der Waals surface area (Å²) in [6.07, 6.45) is 0. The molecule has 1 amide bonds. The highest BCUT2D eigenvalue weighted by Gasteiger charge is 2.16. The Morgan fingerprint density at radius 3 is 2.78 bits per heavy atom. The summed E-state index contributed by atoms with van der Waals surface area (Å²) in [7, 11) is 0. The Morgan fingerprint density at radius 1 is 1.22 bits per heavy atom. The number of halogens is 1. The van der Waals surface area contributed by atoms with Crippen LogP contribution >= 0.6 is 11.6 Å². The number of phenols is 1. The first-order chi connectivity index (χ1) is 11.1. The Kier molecular flexibility index (Phi) is 4.04. The summed E-state index contributed by atoms with van der Waals surface area (Å²) in [5, 5.41) is 16.9. The van der Waals surface area contributed by atoms with Crippen LogP contribution in [0.4, 0.5) is 5.69 Å².